The van der Waals surface area contributed by atoms with Crippen molar-refractivity contribution in [3.63, 3.8) is 0 Å². The fourth-order valence-electron chi connectivity index (χ4n) is 2.76. The van der Waals surface area contributed by atoms with E-state index in [0.717, 1.165) is 0 Å². The molecule has 1 aromatic carbocycles. The first-order chi connectivity index (χ1) is 11.1. The molecule has 1 fully saturated rings. The maximum Gasteiger partial charge on any atom is 0.328 e. The smallest absolute Gasteiger partial charge is 0.328 e. The first kappa shape index (κ1) is 15.4. The van der Waals surface area contributed by atoms with Crippen molar-refractivity contribution in [1.29, 1.82) is 0 Å². The molecule has 120 valence electrons. The molecule has 1 aromatic heterocycles. The Hall–Kier alpha value is -2.54. The maximum atomic E-state index is 12.7. The number of hydrogen-bond acceptors (Lipinski definition) is 6. The van der Waals surface area contributed by atoms with Crippen LogP contribution in [-0.4, -0.2) is 57.7 Å². The molecule has 0 radical (unpaired) electrons. The molecule has 1 aliphatic rings. The van der Waals surface area contributed by atoms with Crippen molar-refractivity contribution >= 4 is 22.9 Å². The summed E-state index contributed by atoms with van der Waals surface area (Å²) >= 11 is 0. The normalized spacial score (nSPS) is 21.2. The number of aliphatic hydroxyl groups excluding tert-OH is 1. The predicted molar refractivity (Wildman–Crippen MR) is 81.6 cm³/mol. The first-order valence-electron chi connectivity index (χ1n) is 7.39. The highest BCUT2D eigenvalue weighted by atomic mass is 16.5. The van der Waals surface area contributed by atoms with Crippen molar-refractivity contribution in [2.45, 2.75) is 25.0 Å². The van der Waals surface area contributed by atoms with E-state index in [1.165, 1.54) is 18.2 Å². The van der Waals surface area contributed by atoms with Crippen LogP contribution in [0, 0.1) is 0 Å². The SMILES string of the molecule is COC(=O)[C@H]1C[C@@H](O)CCN1C(=O)c1cnc2ccccc2n1. The van der Waals surface area contributed by atoms with E-state index in [0.29, 0.717) is 17.5 Å². The Balaban J connectivity index is 1.91. The lowest BCUT2D eigenvalue weighted by atomic mass is 9.99. The van der Waals surface area contributed by atoms with Crippen molar-refractivity contribution < 1.29 is 19.4 Å². The standard InChI is InChI=1S/C16H17N3O4/c1-23-16(22)14-8-10(20)6-7-19(14)15(21)13-9-17-11-4-2-3-5-12(11)18-13/h2-5,9-10,14,20H,6-8H2,1H3/t10-,14+/m0/s1. The van der Waals surface area contributed by atoms with E-state index in [1.807, 2.05) is 18.2 Å². The number of hydrogen-bond donors (Lipinski definition) is 1. The van der Waals surface area contributed by atoms with Gasteiger partial charge in [-0.3, -0.25) is 9.78 Å². The van der Waals surface area contributed by atoms with E-state index >= 15 is 0 Å². The topological polar surface area (TPSA) is 92.6 Å². The molecule has 23 heavy (non-hydrogen) atoms. The largest absolute Gasteiger partial charge is 0.467 e. The number of piperidine rings is 1. The lowest BCUT2D eigenvalue weighted by Crippen LogP contribution is -2.52. The molecule has 0 bridgehead atoms. The van der Waals surface area contributed by atoms with Crippen molar-refractivity contribution in [3.05, 3.63) is 36.2 Å². The minimum atomic E-state index is -0.801. The van der Waals surface area contributed by atoms with E-state index in [-0.39, 0.29) is 24.6 Å². The number of methoxy groups -OCH3 is 1. The van der Waals surface area contributed by atoms with Crippen LogP contribution >= 0.6 is 0 Å². The molecule has 0 aliphatic carbocycles. The van der Waals surface area contributed by atoms with Crippen molar-refractivity contribution in [2.24, 2.45) is 0 Å². The summed E-state index contributed by atoms with van der Waals surface area (Å²) < 4.78 is 4.74. The number of benzene rings is 1. The molecule has 2 aromatic rings. The Bertz CT molecular complexity index is 749. The fraction of sp³-hybridized carbons (Fsp3) is 0.375. The molecule has 2 atom stereocenters. The van der Waals surface area contributed by atoms with Crippen LogP contribution in [0.3, 0.4) is 0 Å². The molecular formula is C16H17N3O4. The second-order valence-electron chi connectivity index (χ2n) is 5.46. The summed E-state index contributed by atoms with van der Waals surface area (Å²) in [5.74, 6) is -0.920. The highest BCUT2D eigenvalue weighted by Crippen LogP contribution is 2.21. The minimum absolute atomic E-state index is 0.166. The third-order valence-corrected chi connectivity index (χ3v) is 3.98. The lowest BCUT2D eigenvalue weighted by Gasteiger charge is -2.35. The first-order valence-corrected chi connectivity index (χ1v) is 7.39. The average molecular weight is 315 g/mol. The highest BCUT2D eigenvalue weighted by molar-refractivity contribution is 5.96. The Kier molecular flexibility index (Phi) is 4.20. The average Bonchev–Trinajstić information content (AvgIpc) is 2.60. The summed E-state index contributed by atoms with van der Waals surface area (Å²) in [7, 11) is 1.27. The minimum Gasteiger partial charge on any atom is -0.467 e. The van der Waals surface area contributed by atoms with E-state index in [1.54, 1.807) is 6.07 Å². The zero-order valence-corrected chi connectivity index (χ0v) is 12.7. The van der Waals surface area contributed by atoms with Crippen LogP contribution < -0.4 is 0 Å². The van der Waals surface area contributed by atoms with Crippen LogP contribution in [0.2, 0.25) is 0 Å². The number of ether oxygens (including phenoxy) is 1. The van der Waals surface area contributed by atoms with Crippen LogP contribution in [-0.2, 0) is 9.53 Å². The van der Waals surface area contributed by atoms with Crippen molar-refractivity contribution in [1.82, 2.24) is 14.9 Å². The third kappa shape index (κ3) is 3.00. The Morgan fingerprint density at radius 2 is 2.04 bits per heavy atom. The quantitative estimate of drug-likeness (QED) is 0.823. The van der Waals surface area contributed by atoms with Gasteiger partial charge >= 0.3 is 5.97 Å². The van der Waals surface area contributed by atoms with Gasteiger partial charge in [0.15, 0.2) is 0 Å². The van der Waals surface area contributed by atoms with E-state index < -0.39 is 18.1 Å². The maximum absolute atomic E-state index is 12.7. The van der Waals surface area contributed by atoms with Gasteiger partial charge in [-0.15, -0.1) is 0 Å². The monoisotopic (exact) mass is 315 g/mol. The van der Waals surface area contributed by atoms with Crippen LogP contribution in [0.5, 0.6) is 0 Å². The number of fused-ring (bicyclic) bond motifs is 1. The Morgan fingerprint density at radius 3 is 2.78 bits per heavy atom. The molecular weight excluding hydrogens is 298 g/mol. The molecule has 0 unspecified atom stereocenters. The third-order valence-electron chi connectivity index (χ3n) is 3.98. The summed E-state index contributed by atoms with van der Waals surface area (Å²) in [4.78, 5) is 34.6. The van der Waals surface area contributed by atoms with Gasteiger partial charge in [0.05, 0.1) is 30.4 Å². The molecule has 1 N–H and O–H groups in total. The number of nitrogens with zero attached hydrogens (tertiary/aromatic N) is 3. The number of likely N-dealkylation sites (tertiary alicyclic amines) is 1. The van der Waals surface area contributed by atoms with Gasteiger partial charge in [0.2, 0.25) is 0 Å². The molecule has 2 heterocycles. The van der Waals surface area contributed by atoms with Gasteiger partial charge < -0.3 is 14.7 Å². The summed E-state index contributed by atoms with van der Waals surface area (Å²) in [6.07, 6.45) is 1.37. The zero-order valence-electron chi connectivity index (χ0n) is 12.7. The number of esters is 1. The number of para-hydroxylation sites is 2. The number of carbonyl (C=O) groups excluding carboxylic acids is 2. The molecule has 0 saturated carbocycles. The number of carbonyl (C=O) groups is 2. The van der Waals surface area contributed by atoms with Gasteiger partial charge in [0.1, 0.15) is 11.7 Å². The lowest BCUT2D eigenvalue weighted by molar-refractivity contribution is -0.148. The van der Waals surface area contributed by atoms with Gasteiger partial charge in [0.25, 0.3) is 5.91 Å². The molecule has 1 saturated heterocycles. The Labute approximate surface area is 132 Å². The number of aromatic nitrogens is 2. The van der Waals surface area contributed by atoms with Crippen LogP contribution in [0.25, 0.3) is 11.0 Å². The second-order valence-corrected chi connectivity index (χ2v) is 5.46. The molecule has 7 heteroatoms. The van der Waals surface area contributed by atoms with Gasteiger partial charge in [-0.25, -0.2) is 9.78 Å². The number of amides is 1. The predicted octanol–water partition coefficient (Wildman–Crippen LogP) is 0.768. The van der Waals surface area contributed by atoms with Gasteiger partial charge in [-0.2, -0.15) is 0 Å². The van der Waals surface area contributed by atoms with Crippen LogP contribution in [0.15, 0.2) is 30.5 Å². The molecule has 3 rings (SSSR count). The molecule has 0 spiro atoms. The van der Waals surface area contributed by atoms with E-state index in [4.69, 9.17) is 4.74 Å². The van der Waals surface area contributed by atoms with Crippen LogP contribution in [0.4, 0.5) is 0 Å². The molecule has 1 amide bonds. The fourth-order valence-corrected chi connectivity index (χ4v) is 2.76. The van der Waals surface area contributed by atoms with Crippen LogP contribution in [0.1, 0.15) is 23.3 Å². The number of aliphatic hydroxyl groups is 1. The van der Waals surface area contributed by atoms with Gasteiger partial charge in [-0.1, -0.05) is 12.1 Å². The van der Waals surface area contributed by atoms with Gasteiger partial charge in [0, 0.05) is 13.0 Å². The summed E-state index contributed by atoms with van der Waals surface area (Å²) in [6, 6.07) is 6.45. The summed E-state index contributed by atoms with van der Waals surface area (Å²) in [6.45, 7) is 0.272. The summed E-state index contributed by atoms with van der Waals surface area (Å²) in [5.41, 5.74) is 1.49. The zero-order chi connectivity index (χ0) is 16.4. The number of rotatable bonds is 2. The highest BCUT2D eigenvalue weighted by Gasteiger charge is 2.37. The van der Waals surface area contributed by atoms with E-state index in [2.05, 4.69) is 9.97 Å². The second kappa shape index (κ2) is 6.29. The van der Waals surface area contributed by atoms with Gasteiger partial charge in [-0.05, 0) is 18.6 Å². The van der Waals surface area contributed by atoms with E-state index in [9.17, 15) is 14.7 Å². The summed E-state index contributed by atoms with van der Waals surface area (Å²) in [5, 5.41) is 9.76. The van der Waals surface area contributed by atoms with Crippen molar-refractivity contribution in [3.8, 4) is 0 Å². The molecule has 7 nitrogen and oxygen atoms in total. The Morgan fingerprint density at radius 1 is 1.30 bits per heavy atom. The molecule has 1 aliphatic heterocycles. The van der Waals surface area contributed by atoms with Crippen molar-refractivity contribution in [2.75, 3.05) is 13.7 Å².